The molecule has 1 aromatic rings. The predicted octanol–water partition coefficient (Wildman–Crippen LogP) is 2.63. The number of hydrogen-bond acceptors (Lipinski definition) is 2. The number of hydrogen-bond donors (Lipinski definition) is 1. The highest BCUT2D eigenvalue weighted by molar-refractivity contribution is 9.10. The molecule has 0 saturated carbocycles. The van der Waals surface area contributed by atoms with Gasteiger partial charge in [0.05, 0.1) is 11.8 Å². The molecule has 66 valence electrons. The van der Waals surface area contributed by atoms with Gasteiger partial charge in [0.25, 0.3) is 6.43 Å². The van der Waals surface area contributed by atoms with Gasteiger partial charge in [0.1, 0.15) is 4.60 Å². The van der Waals surface area contributed by atoms with Crippen LogP contribution < -0.4 is 0 Å². The Kier molecular flexibility index (Phi) is 2.56. The van der Waals surface area contributed by atoms with Gasteiger partial charge in [0, 0.05) is 0 Å². The number of halogens is 4. The van der Waals surface area contributed by atoms with Crippen molar-refractivity contribution in [1.82, 2.24) is 4.98 Å². The lowest BCUT2D eigenvalue weighted by Crippen LogP contribution is -1.95. The number of aromatic hydroxyl groups is 1. The Bertz CT molecular complexity index is 305. The maximum atomic E-state index is 12.7. The zero-order valence-corrected chi connectivity index (χ0v) is 7.15. The van der Waals surface area contributed by atoms with E-state index in [0.717, 1.165) is 6.20 Å². The molecule has 0 aromatic carbocycles. The van der Waals surface area contributed by atoms with Crippen molar-refractivity contribution < 1.29 is 18.3 Å². The quantitative estimate of drug-likeness (QED) is 0.768. The fourth-order valence-electron chi connectivity index (χ4n) is 0.658. The molecular formula is C6H3BrF3NO. The fourth-order valence-corrected chi connectivity index (χ4v) is 1.11. The molecule has 0 amide bonds. The molecule has 12 heavy (non-hydrogen) atoms. The predicted molar refractivity (Wildman–Crippen MR) is 38.5 cm³/mol. The van der Waals surface area contributed by atoms with Crippen molar-refractivity contribution in [2.45, 2.75) is 6.43 Å². The molecular weight excluding hydrogens is 239 g/mol. The van der Waals surface area contributed by atoms with Gasteiger partial charge in [0.2, 0.25) is 0 Å². The van der Waals surface area contributed by atoms with E-state index in [4.69, 9.17) is 5.11 Å². The van der Waals surface area contributed by atoms with Crippen molar-refractivity contribution in [3.05, 3.63) is 22.2 Å². The summed E-state index contributed by atoms with van der Waals surface area (Å²) in [6, 6.07) is 0. The molecule has 1 N–H and O–H groups in total. The van der Waals surface area contributed by atoms with Crippen molar-refractivity contribution in [2.24, 2.45) is 0 Å². The first-order valence-corrected chi connectivity index (χ1v) is 3.64. The summed E-state index contributed by atoms with van der Waals surface area (Å²) >= 11 is 2.64. The molecule has 0 aliphatic carbocycles. The van der Waals surface area contributed by atoms with E-state index in [9.17, 15) is 13.2 Å². The summed E-state index contributed by atoms with van der Waals surface area (Å²) in [5, 5.41) is 8.68. The van der Waals surface area contributed by atoms with E-state index in [1.807, 2.05) is 0 Å². The first kappa shape index (κ1) is 9.31. The molecule has 1 heterocycles. The van der Waals surface area contributed by atoms with Crippen LogP contribution in [0.15, 0.2) is 10.8 Å². The highest BCUT2D eigenvalue weighted by Crippen LogP contribution is 2.31. The minimum absolute atomic E-state index is 0.298. The van der Waals surface area contributed by atoms with Gasteiger partial charge in [-0.15, -0.1) is 0 Å². The van der Waals surface area contributed by atoms with Gasteiger partial charge in [0.15, 0.2) is 11.6 Å². The van der Waals surface area contributed by atoms with Crippen LogP contribution in [0.3, 0.4) is 0 Å². The van der Waals surface area contributed by atoms with Gasteiger partial charge in [-0.2, -0.15) is 0 Å². The molecule has 2 nitrogen and oxygen atoms in total. The minimum atomic E-state index is -3.00. The van der Waals surface area contributed by atoms with Crippen LogP contribution in [-0.4, -0.2) is 10.1 Å². The summed E-state index contributed by atoms with van der Waals surface area (Å²) in [5.41, 5.74) is -0.921. The standard InChI is InChI=1S/C6H3BrF3NO/c7-5-3(6(9)10)4(8)2(12)1-11-5/h1,6,12H. The molecule has 0 unspecified atom stereocenters. The van der Waals surface area contributed by atoms with E-state index in [-0.39, 0.29) is 4.60 Å². The topological polar surface area (TPSA) is 33.1 Å². The number of pyridine rings is 1. The van der Waals surface area contributed by atoms with Crippen LogP contribution in [0, 0.1) is 5.82 Å². The zero-order chi connectivity index (χ0) is 9.30. The van der Waals surface area contributed by atoms with Gasteiger partial charge in [-0.25, -0.2) is 18.2 Å². The second-order valence-electron chi connectivity index (χ2n) is 1.96. The highest BCUT2D eigenvalue weighted by atomic mass is 79.9. The Morgan fingerprint density at radius 1 is 1.50 bits per heavy atom. The SMILES string of the molecule is Oc1cnc(Br)c(C(F)F)c1F. The Hall–Kier alpha value is -0.780. The molecule has 0 spiro atoms. The lowest BCUT2D eigenvalue weighted by atomic mass is 10.3. The summed E-state index contributed by atoms with van der Waals surface area (Å²) in [6.45, 7) is 0. The van der Waals surface area contributed by atoms with Gasteiger partial charge < -0.3 is 5.11 Å². The summed E-state index contributed by atoms with van der Waals surface area (Å²) < 4.78 is 36.5. The van der Waals surface area contributed by atoms with Crippen LogP contribution >= 0.6 is 15.9 Å². The molecule has 0 radical (unpaired) electrons. The third-order valence-electron chi connectivity index (χ3n) is 1.20. The van der Waals surface area contributed by atoms with E-state index in [0.29, 0.717) is 0 Å². The number of aromatic nitrogens is 1. The van der Waals surface area contributed by atoms with Gasteiger partial charge in [-0.1, -0.05) is 0 Å². The molecule has 6 heteroatoms. The van der Waals surface area contributed by atoms with E-state index in [2.05, 4.69) is 20.9 Å². The Balaban J connectivity index is 3.33. The Morgan fingerprint density at radius 2 is 2.08 bits per heavy atom. The monoisotopic (exact) mass is 241 g/mol. The fraction of sp³-hybridized carbons (Fsp3) is 0.167. The minimum Gasteiger partial charge on any atom is -0.504 e. The average Bonchev–Trinajstić information content (AvgIpc) is 1.97. The van der Waals surface area contributed by atoms with E-state index < -0.39 is 23.6 Å². The summed E-state index contributed by atoms with van der Waals surface area (Å²) in [6.07, 6.45) is -2.25. The van der Waals surface area contributed by atoms with Crippen LogP contribution in [0.4, 0.5) is 13.2 Å². The molecule has 0 fully saturated rings. The molecule has 1 aromatic heterocycles. The van der Waals surface area contributed by atoms with Gasteiger partial charge >= 0.3 is 0 Å². The Labute approximate surface area is 74.2 Å². The van der Waals surface area contributed by atoms with Crippen LogP contribution in [0.1, 0.15) is 12.0 Å². The maximum Gasteiger partial charge on any atom is 0.269 e. The third-order valence-corrected chi connectivity index (χ3v) is 1.83. The molecule has 1 rings (SSSR count). The first-order valence-electron chi connectivity index (χ1n) is 2.85. The molecule has 0 aliphatic rings. The normalized spacial score (nSPS) is 10.8. The van der Waals surface area contributed by atoms with E-state index in [1.165, 1.54) is 0 Å². The Morgan fingerprint density at radius 3 is 2.50 bits per heavy atom. The van der Waals surface area contributed by atoms with Crippen molar-refractivity contribution in [3.63, 3.8) is 0 Å². The summed E-state index contributed by atoms with van der Waals surface area (Å²) in [4.78, 5) is 3.31. The van der Waals surface area contributed by atoms with Crippen molar-refractivity contribution in [3.8, 4) is 5.75 Å². The van der Waals surface area contributed by atoms with Crippen LogP contribution in [0.2, 0.25) is 0 Å². The smallest absolute Gasteiger partial charge is 0.269 e. The van der Waals surface area contributed by atoms with Crippen LogP contribution in [0.25, 0.3) is 0 Å². The lowest BCUT2D eigenvalue weighted by Gasteiger charge is -2.04. The number of alkyl halides is 2. The number of nitrogens with zero attached hydrogens (tertiary/aromatic N) is 1. The van der Waals surface area contributed by atoms with Gasteiger partial charge in [-0.05, 0) is 15.9 Å². The lowest BCUT2D eigenvalue weighted by molar-refractivity contribution is 0.143. The molecule has 0 atom stereocenters. The molecule has 0 aliphatic heterocycles. The number of rotatable bonds is 1. The second-order valence-corrected chi connectivity index (χ2v) is 2.71. The second kappa shape index (κ2) is 3.30. The van der Waals surface area contributed by atoms with E-state index in [1.54, 1.807) is 0 Å². The average molecular weight is 242 g/mol. The molecule has 0 saturated heterocycles. The van der Waals surface area contributed by atoms with Crippen molar-refractivity contribution in [2.75, 3.05) is 0 Å². The van der Waals surface area contributed by atoms with Gasteiger partial charge in [-0.3, -0.25) is 0 Å². The van der Waals surface area contributed by atoms with Crippen molar-refractivity contribution >= 4 is 15.9 Å². The van der Waals surface area contributed by atoms with Crippen LogP contribution in [-0.2, 0) is 0 Å². The highest BCUT2D eigenvalue weighted by Gasteiger charge is 2.20. The van der Waals surface area contributed by atoms with Crippen LogP contribution in [0.5, 0.6) is 5.75 Å². The summed E-state index contributed by atoms with van der Waals surface area (Å²) in [5.74, 6) is -2.22. The zero-order valence-electron chi connectivity index (χ0n) is 5.56. The maximum absolute atomic E-state index is 12.7. The first-order chi connectivity index (χ1) is 5.54. The largest absolute Gasteiger partial charge is 0.504 e. The van der Waals surface area contributed by atoms with E-state index >= 15 is 0 Å². The van der Waals surface area contributed by atoms with Crippen molar-refractivity contribution in [1.29, 1.82) is 0 Å². The summed E-state index contributed by atoms with van der Waals surface area (Å²) in [7, 11) is 0. The molecule has 0 bridgehead atoms. The third kappa shape index (κ3) is 1.52.